The van der Waals surface area contributed by atoms with E-state index in [1.807, 2.05) is 13.8 Å². The molecule has 0 atom stereocenters. The van der Waals surface area contributed by atoms with Crippen molar-refractivity contribution < 1.29 is 4.79 Å². The molecule has 0 saturated heterocycles. The molecule has 0 radical (unpaired) electrons. The quantitative estimate of drug-likeness (QED) is 0.746. The third-order valence-corrected chi connectivity index (χ3v) is 1.71. The molecule has 0 fully saturated rings. The van der Waals surface area contributed by atoms with Gasteiger partial charge in [-0.3, -0.25) is 4.79 Å². The average molecular weight is 179 g/mol. The first-order chi connectivity index (χ1) is 6.29. The van der Waals surface area contributed by atoms with Crippen LogP contribution in [0.2, 0.25) is 0 Å². The Kier molecular flexibility index (Phi) is 3.37. The third-order valence-electron chi connectivity index (χ3n) is 1.71. The van der Waals surface area contributed by atoms with Crippen molar-refractivity contribution in [2.45, 2.75) is 20.3 Å². The predicted molar refractivity (Wildman–Crippen MR) is 49.4 cm³/mol. The topological polar surface area (TPSA) is 54.9 Å². The van der Waals surface area contributed by atoms with Crippen LogP contribution in [0.15, 0.2) is 12.5 Å². The van der Waals surface area contributed by atoms with Crippen molar-refractivity contribution in [3.63, 3.8) is 0 Å². The van der Waals surface area contributed by atoms with Gasteiger partial charge in [-0.05, 0) is 13.3 Å². The van der Waals surface area contributed by atoms with E-state index in [1.165, 1.54) is 6.33 Å². The van der Waals surface area contributed by atoms with E-state index in [1.54, 1.807) is 6.20 Å². The predicted octanol–water partition coefficient (Wildman–Crippen LogP) is 0.789. The molecule has 1 aromatic heterocycles. The van der Waals surface area contributed by atoms with Gasteiger partial charge in [-0.1, -0.05) is 6.92 Å². The second-order valence-electron chi connectivity index (χ2n) is 2.60. The SMILES string of the molecule is CCNC(=O)c1cncnc1CC. The summed E-state index contributed by atoms with van der Waals surface area (Å²) in [5.74, 6) is -0.0973. The molecule has 1 amide bonds. The van der Waals surface area contributed by atoms with E-state index >= 15 is 0 Å². The van der Waals surface area contributed by atoms with Crippen molar-refractivity contribution in [1.29, 1.82) is 0 Å². The Morgan fingerprint density at radius 3 is 2.92 bits per heavy atom. The lowest BCUT2D eigenvalue weighted by Crippen LogP contribution is -2.24. The molecule has 4 nitrogen and oxygen atoms in total. The number of aromatic nitrogens is 2. The maximum absolute atomic E-state index is 11.4. The summed E-state index contributed by atoms with van der Waals surface area (Å²) in [6.45, 7) is 4.47. The van der Waals surface area contributed by atoms with Gasteiger partial charge in [-0.25, -0.2) is 9.97 Å². The summed E-state index contributed by atoms with van der Waals surface area (Å²) in [5, 5.41) is 2.72. The van der Waals surface area contributed by atoms with Crippen molar-refractivity contribution in [2.75, 3.05) is 6.54 Å². The summed E-state index contributed by atoms with van der Waals surface area (Å²) in [6.07, 6.45) is 3.76. The van der Waals surface area contributed by atoms with Crippen LogP contribution in [0, 0.1) is 0 Å². The van der Waals surface area contributed by atoms with Gasteiger partial charge in [-0.15, -0.1) is 0 Å². The maximum Gasteiger partial charge on any atom is 0.254 e. The van der Waals surface area contributed by atoms with Crippen molar-refractivity contribution >= 4 is 5.91 Å². The second kappa shape index (κ2) is 4.54. The standard InChI is InChI=1S/C9H13N3O/c1-3-8-7(5-10-6-12-8)9(13)11-4-2/h5-6H,3-4H2,1-2H3,(H,11,13). The first kappa shape index (κ1) is 9.64. The fourth-order valence-electron chi connectivity index (χ4n) is 1.08. The molecular formula is C9H13N3O. The van der Waals surface area contributed by atoms with E-state index in [-0.39, 0.29) is 5.91 Å². The molecule has 0 spiro atoms. The van der Waals surface area contributed by atoms with E-state index in [9.17, 15) is 4.79 Å². The maximum atomic E-state index is 11.4. The van der Waals surface area contributed by atoms with Crippen molar-refractivity contribution in [2.24, 2.45) is 0 Å². The van der Waals surface area contributed by atoms with Crippen LogP contribution in [0.25, 0.3) is 0 Å². The number of rotatable bonds is 3. The number of hydrogen-bond acceptors (Lipinski definition) is 3. The number of hydrogen-bond donors (Lipinski definition) is 1. The van der Waals surface area contributed by atoms with E-state index in [0.717, 1.165) is 12.1 Å². The van der Waals surface area contributed by atoms with Gasteiger partial charge in [0.05, 0.1) is 11.3 Å². The molecule has 0 bridgehead atoms. The van der Waals surface area contributed by atoms with Gasteiger partial charge in [0.15, 0.2) is 0 Å². The molecule has 70 valence electrons. The minimum atomic E-state index is -0.0973. The normalized spacial score (nSPS) is 9.69. The summed E-state index contributed by atoms with van der Waals surface area (Å²) < 4.78 is 0. The molecular weight excluding hydrogens is 166 g/mol. The van der Waals surface area contributed by atoms with Crippen LogP contribution in [-0.4, -0.2) is 22.4 Å². The molecule has 13 heavy (non-hydrogen) atoms. The van der Waals surface area contributed by atoms with E-state index < -0.39 is 0 Å². The Morgan fingerprint density at radius 1 is 1.54 bits per heavy atom. The minimum absolute atomic E-state index is 0.0973. The Morgan fingerprint density at radius 2 is 2.31 bits per heavy atom. The number of carbonyl (C=O) groups excluding carboxylic acids is 1. The molecule has 0 aromatic carbocycles. The van der Waals surface area contributed by atoms with Crippen LogP contribution in [0.4, 0.5) is 0 Å². The molecule has 0 unspecified atom stereocenters. The van der Waals surface area contributed by atoms with Crippen molar-refractivity contribution in [1.82, 2.24) is 15.3 Å². The highest BCUT2D eigenvalue weighted by molar-refractivity contribution is 5.94. The lowest BCUT2D eigenvalue weighted by Gasteiger charge is -2.04. The van der Waals surface area contributed by atoms with Gasteiger partial charge in [0, 0.05) is 12.7 Å². The number of carbonyl (C=O) groups is 1. The smallest absolute Gasteiger partial charge is 0.254 e. The van der Waals surface area contributed by atoms with Crippen molar-refractivity contribution in [3.05, 3.63) is 23.8 Å². The van der Waals surface area contributed by atoms with E-state index in [0.29, 0.717) is 12.1 Å². The summed E-state index contributed by atoms with van der Waals surface area (Å²) in [7, 11) is 0. The van der Waals surface area contributed by atoms with Crippen LogP contribution in [0.5, 0.6) is 0 Å². The zero-order valence-corrected chi connectivity index (χ0v) is 7.87. The largest absolute Gasteiger partial charge is 0.352 e. The lowest BCUT2D eigenvalue weighted by atomic mass is 10.2. The zero-order chi connectivity index (χ0) is 9.68. The molecule has 1 aromatic rings. The Balaban J connectivity index is 2.92. The lowest BCUT2D eigenvalue weighted by molar-refractivity contribution is 0.0954. The van der Waals surface area contributed by atoms with Gasteiger partial charge in [0.2, 0.25) is 0 Å². The first-order valence-electron chi connectivity index (χ1n) is 4.36. The first-order valence-corrected chi connectivity index (χ1v) is 4.36. The summed E-state index contributed by atoms with van der Waals surface area (Å²) in [4.78, 5) is 19.3. The molecule has 0 aliphatic heterocycles. The number of aryl methyl sites for hydroxylation is 1. The van der Waals surface area contributed by atoms with Gasteiger partial charge < -0.3 is 5.32 Å². The van der Waals surface area contributed by atoms with Crippen LogP contribution < -0.4 is 5.32 Å². The molecule has 1 N–H and O–H groups in total. The minimum Gasteiger partial charge on any atom is -0.352 e. The second-order valence-corrected chi connectivity index (χ2v) is 2.60. The Labute approximate surface area is 77.4 Å². The summed E-state index contributed by atoms with van der Waals surface area (Å²) in [6, 6.07) is 0. The van der Waals surface area contributed by atoms with Crippen molar-refractivity contribution in [3.8, 4) is 0 Å². The van der Waals surface area contributed by atoms with Gasteiger partial charge >= 0.3 is 0 Å². The van der Waals surface area contributed by atoms with Gasteiger partial charge in [0.1, 0.15) is 6.33 Å². The highest BCUT2D eigenvalue weighted by Crippen LogP contribution is 2.03. The monoisotopic (exact) mass is 179 g/mol. The van der Waals surface area contributed by atoms with Crippen LogP contribution in [-0.2, 0) is 6.42 Å². The van der Waals surface area contributed by atoms with Gasteiger partial charge in [-0.2, -0.15) is 0 Å². The summed E-state index contributed by atoms with van der Waals surface area (Å²) in [5.41, 5.74) is 1.37. The highest BCUT2D eigenvalue weighted by Gasteiger charge is 2.09. The fraction of sp³-hybridized carbons (Fsp3) is 0.444. The Hall–Kier alpha value is -1.45. The molecule has 1 heterocycles. The average Bonchev–Trinajstić information content (AvgIpc) is 2.18. The zero-order valence-electron chi connectivity index (χ0n) is 7.87. The van der Waals surface area contributed by atoms with Gasteiger partial charge in [0.25, 0.3) is 5.91 Å². The highest BCUT2D eigenvalue weighted by atomic mass is 16.1. The number of nitrogens with zero attached hydrogens (tertiary/aromatic N) is 2. The number of nitrogens with one attached hydrogen (secondary N) is 1. The number of amides is 1. The molecule has 0 aliphatic carbocycles. The molecule has 4 heteroatoms. The van der Waals surface area contributed by atoms with E-state index in [2.05, 4.69) is 15.3 Å². The van der Waals surface area contributed by atoms with E-state index in [4.69, 9.17) is 0 Å². The summed E-state index contributed by atoms with van der Waals surface area (Å²) >= 11 is 0. The third kappa shape index (κ3) is 2.24. The molecule has 1 rings (SSSR count). The van der Waals surface area contributed by atoms with Crippen LogP contribution in [0.1, 0.15) is 29.9 Å². The molecule has 0 aliphatic rings. The Bertz CT molecular complexity index is 299. The van der Waals surface area contributed by atoms with Crippen LogP contribution in [0.3, 0.4) is 0 Å². The fourth-order valence-corrected chi connectivity index (χ4v) is 1.08. The molecule has 0 saturated carbocycles. The van der Waals surface area contributed by atoms with Crippen LogP contribution >= 0.6 is 0 Å².